The predicted molar refractivity (Wildman–Crippen MR) is 122 cm³/mol. The number of rotatable bonds is 9. The zero-order valence-electron chi connectivity index (χ0n) is 18.3. The van der Waals surface area contributed by atoms with Crippen LogP contribution in [0.15, 0.2) is 29.1 Å². The van der Waals surface area contributed by atoms with Gasteiger partial charge in [-0.15, -0.1) is 11.3 Å². The number of ether oxygens (including phenoxy) is 3. The zero-order valence-corrected chi connectivity index (χ0v) is 19.1. The van der Waals surface area contributed by atoms with Gasteiger partial charge in [-0.3, -0.25) is 14.2 Å². The number of nitrogens with one attached hydrogen (secondary N) is 1. The molecule has 3 rings (SSSR count). The predicted octanol–water partition coefficient (Wildman–Crippen LogP) is 0.776. The highest BCUT2D eigenvalue weighted by atomic mass is 32.1. The molecule has 32 heavy (non-hydrogen) atoms. The van der Waals surface area contributed by atoms with E-state index in [1.807, 2.05) is 31.2 Å². The fourth-order valence-electron chi connectivity index (χ4n) is 3.29. The number of carbonyl (C=O) groups excluding carboxylic acids is 2. The normalized spacial score (nSPS) is 16.9. The third-order valence-corrected chi connectivity index (χ3v) is 5.87. The van der Waals surface area contributed by atoms with Crippen LogP contribution in [-0.2, 0) is 25.6 Å². The second kappa shape index (κ2) is 11.6. The SMILES string of the molecule is CCOC(=O)/C=c1\s/c(=C/c2ccc(OCC)cc2)c(=O)n1CC(=O)NC[C@@H]1CCCO1. The minimum atomic E-state index is -0.560. The number of thiazole rings is 1. The first-order valence-electron chi connectivity index (χ1n) is 10.7. The van der Waals surface area contributed by atoms with E-state index in [2.05, 4.69) is 5.32 Å². The maximum Gasteiger partial charge on any atom is 0.333 e. The molecule has 0 unspecified atom stereocenters. The summed E-state index contributed by atoms with van der Waals surface area (Å²) in [7, 11) is 0. The molecular weight excluding hydrogens is 432 g/mol. The molecule has 0 spiro atoms. The van der Waals surface area contributed by atoms with Crippen molar-refractivity contribution < 1.29 is 23.8 Å². The van der Waals surface area contributed by atoms with E-state index in [-0.39, 0.29) is 30.7 Å². The lowest BCUT2D eigenvalue weighted by atomic mass is 10.2. The van der Waals surface area contributed by atoms with E-state index in [0.717, 1.165) is 35.5 Å². The van der Waals surface area contributed by atoms with Crippen molar-refractivity contribution in [1.29, 1.82) is 0 Å². The van der Waals surface area contributed by atoms with Gasteiger partial charge in [0, 0.05) is 13.2 Å². The monoisotopic (exact) mass is 460 g/mol. The van der Waals surface area contributed by atoms with Crippen molar-refractivity contribution >= 4 is 35.4 Å². The fraction of sp³-hybridized carbons (Fsp3) is 0.435. The summed E-state index contributed by atoms with van der Waals surface area (Å²) in [6.45, 7) is 5.32. The second-order valence-electron chi connectivity index (χ2n) is 7.18. The number of hydrogen-bond acceptors (Lipinski definition) is 7. The van der Waals surface area contributed by atoms with Crippen LogP contribution < -0.4 is 24.8 Å². The molecule has 0 bridgehead atoms. The zero-order chi connectivity index (χ0) is 22.9. The first-order valence-corrected chi connectivity index (χ1v) is 11.5. The molecule has 172 valence electrons. The molecule has 0 aliphatic carbocycles. The first-order chi connectivity index (χ1) is 15.5. The highest BCUT2D eigenvalue weighted by molar-refractivity contribution is 7.07. The number of aromatic nitrogens is 1. The Hall–Kier alpha value is -2.91. The van der Waals surface area contributed by atoms with E-state index in [4.69, 9.17) is 14.2 Å². The van der Waals surface area contributed by atoms with E-state index in [0.29, 0.717) is 29.0 Å². The highest BCUT2D eigenvalue weighted by Crippen LogP contribution is 2.12. The number of esters is 1. The summed E-state index contributed by atoms with van der Waals surface area (Å²) in [5, 5.41) is 2.81. The molecule has 2 aromatic rings. The summed E-state index contributed by atoms with van der Waals surface area (Å²) in [5.74, 6) is -0.131. The molecule has 1 aliphatic rings. The van der Waals surface area contributed by atoms with Gasteiger partial charge in [0.1, 0.15) is 17.0 Å². The van der Waals surface area contributed by atoms with Crippen LogP contribution in [0.3, 0.4) is 0 Å². The summed E-state index contributed by atoms with van der Waals surface area (Å²) < 4.78 is 18.0. The van der Waals surface area contributed by atoms with Gasteiger partial charge in [-0.2, -0.15) is 0 Å². The standard InChI is InChI=1S/C23H28N2O6S/c1-3-29-17-9-7-16(8-10-17)12-19-23(28)25(21(32-19)13-22(27)30-4-2)15-20(26)24-14-18-6-5-11-31-18/h7-10,12-13,18H,3-6,11,14-15H2,1-2H3,(H,24,26)/b19-12+,21-13-/t18-/m0/s1. The van der Waals surface area contributed by atoms with Gasteiger partial charge in [0.05, 0.1) is 29.9 Å². The Labute approximate surface area is 190 Å². The molecule has 8 nitrogen and oxygen atoms in total. The summed E-state index contributed by atoms with van der Waals surface area (Å²) in [4.78, 5) is 37.5. The van der Waals surface area contributed by atoms with Crippen LogP contribution in [0.25, 0.3) is 12.2 Å². The maximum atomic E-state index is 13.0. The van der Waals surface area contributed by atoms with E-state index in [1.165, 1.54) is 10.6 Å². The lowest BCUT2D eigenvalue weighted by Gasteiger charge is -2.10. The van der Waals surface area contributed by atoms with Crippen LogP contribution in [0.2, 0.25) is 0 Å². The molecule has 1 aromatic carbocycles. The van der Waals surface area contributed by atoms with Gasteiger partial charge in [0.25, 0.3) is 5.56 Å². The fourth-order valence-corrected chi connectivity index (χ4v) is 4.32. The third-order valence-electron chi connectivity index (χ3n) is 4.81. The first kappa shape index (κ1) is 23.7. The van der Waals surface area contributed by atoms with Crippen molar-refractivity contribution in [2.75, 3.05) is 26.4 Å². The van der Waals surface area contributed by atoms with Crippen molar-refractivity contribution in [3.05, 3.63) is 49.4 Å². The summed E-state index contributed by atoms with van der Waals surface area (Å²) in [6, 6.07) is 7.34. The molecule has 1 saturated heterocycles. The lowest BCUT2D eigenvalue weighted by molar-refractivity contribution is -0.135. The largest absolute Gasteiger partial charge is 0.494 e. The van der Waals surface area contributed by atoms with Gasteiger partial charge in [-0.1, -0.05) is 12.1 Å². The Bertz CT molecular complexity index is 1100. The lowest BCUT2D eigenvalue weighted by Crippen LogP contribution is -2.40. The number of benzene rings is 1. The molecule has 0 radical (unpaired) electrons. The summed E-state index contributed by atoms with van der Waals surface area (Å²) >= 11 is 1.14. The van der Waals surface area contributed by atoms with Crippen LogP contribution in [0.4, 0.5) is 0 Å². The molecule has 1 aromatic heterocycles. The van der Waals surface area contributed by atoms with Crippen molar-refractivity contribution in [3.8, 4) is 5.75 Å². The number of nitrogens with zero attached hydrogens (tertiary/aromatic N) is 1. The van der Waals surface area contributed by atoms with Gasteiger partial charge in [-0.05, 0) is 50.5 Å². The molecular formula is C23H28N2O6S. The van der Waals surface area contributed by atoms with Crippen LogP contribution >= 0.6 is 11.3 Å². The van der Waals surface area contributed by atoms with Crippen molar-refractivity contribution in [2.24, 2.45) is 0 Å². The molecule has 0 saturated carbocycles. The van der Waals surface area contributed by atoms with Crippen LogP contribution in [0, 0.1) is 0 Å². The number of hydrogen-bond donors (Lipinski definition) is 1. The summed E-state index contributed by atoms with van der Waals surface area (Å²) in [5.41, 5.74) is 0.469. The number of carbonyl (C=O) groups is 2. The second-order valence-corrected chi connectivity index (χ2v) is 8.24. The van der Waals surface area contributed by atoms with E-state index >= 15 is 0 Å². The Morgan fingerprint density at radius 3 is 2.69 bits per heavy atom. The molecule has 1 N–H and O–H groups in total. The van der Waals surface area contributed by atoms with Crippen molar-refractivity contribution in [3.63, 3.8) is 0 Å². The van der Waals surface area contributed by atoms with Gasteiger partial charge in [0.15, 0.2) is 0 Å². The number of amides is 1. The molecule has 1 atom stereocenters. The van der Waals surface area contributed by atoms with Crippen molar-refractivity contribution in [1.82, 2.24) is 9.88 Å². The van der Waals surface area contributed by atoms with Gasteiger partial charge >= 0.3 is 5.97 Å². The molecule has 1 amide bonds. The van der Waals surface area contributed by atoms with E-state index in [1.54, 1.807) is 13.0 Å². The topological polar surface area (TPSA) is 95.9 Å². The van der Waals surface area contributed by atoms with Crippen LogP contribution in [-0.4, -0.2) is 48.9 Å². The molecule has 9 heteroatoms. The Morgan fingerprint density at radius 1 is 1.25 bits per heavy atom. The van der Waals surface area contributed by atoms with E-state index < -0.39 is 5.97 Å². The Kier molecular flexibility index (Phi) is 8.64. The summed E-state index contributed by atoms with van der Waals surface area (Å²) in [6.07, 6.45) is 4.87. The maximum absolute atomic E-state index is 13.0. The minimum Gasteiger partial charge on any atom is -0.494 e. The minimum absolute atomic E-state index is 0.00673. The van der Waals surface area contributed by atoms with Gasteiger partial charge < -0.3 is 19.5 Å². The molecule has 2 heterocycles. The Balaban J connectivity index is 1.88. The Morgan fingerprint density at radius 2 is 2.03 bits per heavy atom. The average Bonchev–Trinajstić information content (AvgIpc) is 3.38. The van der Waals surface area contributed by atoms with E-state index in [9.17, 15) is 14.4 Å². The smallest absolute Gasteiger partial charge is 0.333 e. The molecule has 1 fully saturated rings. The quantitative estimate of drug-likeness (QED) is 0.556. The van der Waals surface area contributed by atoms with Gasteiger partial charge in [0.2, 0.25) is 5.91 Å². The average molecular weight is 461 g/mol. The highest BCUT2D eigenvalue weighted by Gasteiger charge is 2.17. The van der Waals surface area contributed by atoms with Crippen LogP contribution in [0.5, 0.6) is 5.75 Å². The molecule has 1 aliphatic heterocycles. The van der Waals surface area contributed by atoms with Crippen molar-refractivity contribution in [2.45, 2.75) is 39.3 Å². The van der Waals surface area contributed by atoms with Gasteiger partial charge in [-0.25, -0.2) is 4.79 Å². The third kappa shape index (κ3) is 6.54. The van der Waals surface area contributed by atoms with Crippen LogP contribution in [0.1, 0.15) is 32.3 Å².